The second kappa shape index (κ2) is 5.90. The molecular weight excluding hydrogens is 274 g/mol. The summed E-state index contributed by atoms with van der Waals surface area (Å²) in [6.07, 6.45) is 2.74. The lowest BCUT2D eigenvalue weighted by Gasteiger charge is -2.23. The number of furan rings is 1. The molecule has 0 radical (unpaired) electrons. The maximum atomic E-state index is 6.24. The molecule has 1 aromatic carbocycles. The molecular formula is C16H18ClNO2. The van der Waals surface area contributed by atoms with Gasteiger partial charge in [-0.25, -0.2) is 0 Å². The monoisotopic (exact) mass is 291 g/mol. The highest BCUT2D eigenvalue weighted by atomic mass is 35.5. The summed E-state index contributed by atoms with van der Waals surface area (Å²) < 4.78 is 11.8. The molecule has 2 atom stereocenters. The molecule has 1 saturated heterocycles. The lowest BCUT2D eigenvalue weighted by Crippen LogP contribution is -2.21. The van der Waals surface area contributed by atoms with Gasteiger partial charge in [0.25, 0.3) is 0 Å². The molecule has 1 unspecified atom stereocenters. The minimum Gasteiger partial charge on any atom is -0.482 e. The first-order valence-corrected chi connectivity index (χ1v) is 7.29. The van der Waals surface area contributed by atoms with Gasteiger partial charge in [0.15, 0.2) is 6.10 Å². The van der Waals surface area contributed by atoms with Gasteiger partial charge in [-0.2, -0.15) is 0 Å². The molecule has 0 aliphatic carbocycles. The molecule has 1 N–H and O–H groups in total. The van der Waals surface area contributed by atoms with E-state index in [0.717, 1.165) is 41.6 Å². The predicted molar refractivity (Wildman–Crippen MR) is 79.2 cm³/mol. The number of benzene rings is 1. The Morgan fingerprint density at radius 2 is 2.30 bits per heavy atom. The lowest BCUT2D eigenvalue weighted by atomic mass is 9.99. The van der Waals surface area contributed by atoms with Crippen molar-refractivity contribution in [3.63, 3.8) is 0 Å². The highest BCUT2D eigenvalue weighted by Gasteiger charge is 2.30. The summed E-state index contributed by atoms with van der Waals surface area (Å²) in [5.74, 6) is 2.17. The van der Waals surface area contributed by atoms with E-state index in [-0.39, 0.29) is 6.10 Å². The van der Waals surface area contributed by atoms with E-state index in [1.165, 1.54) is 0 Å². The Hall–Kier alpha value is -1.45. The molecule has 106 valence electrons. The second-order valence-corrected chi connectivity index (χ2v) is 5.65. The summed E-state index contributed by atoms with van der Waals surface area (Å²) in [4.78, 5) is 0. The van der Waals surface area contributed by atoms with E-state index >= 15 is 0 Å². The van der Waals surface area contributed by atoms with Gasteiger partial charge in [-0.3, -0.25) is 0 Å². The third kappa shape index (κ3) is 2.84. The van der Waals surface area contributed by atoms with Crippen molar-refractivity contribution in [3.05, 3.63) is 52.9 Å². The molecule has 0 amide bonds. The van der Waals surface area contributed by atoms with Crippen molar-refractivity contribution in [3.8, 4) is 5.75 Å². The molecule has 2 aromatic rings. The van der Waals surface area contributed by atoms with E-state index in [9.17, 15) is 0 Å². The number of nitrogens with one attached hydrogen (secondary N) is 1. The van der Waals surface area contributed by atoms with Gasteiger partial charge >= 0.3 is 0 Å². The minimum atomic E-state index is -0.0557. The van der Waals surface area contributed by atoms with E-state index in [1.54, 1.807) is 6.26 Å². The zero-order chi connectivity index (χ0) is 13.9. The third-order valence-corrected chi connectivity index (χ3v) is 3.98. The van der Waals surface area contributed by atoms with Crippen LogP contribution in [0.5, 0.6) is 5.75 Å². The summed E-state index contributed by atoms with van der Waals surface area (Å²) in [6.45, 7) is 4.00. The fourth-order valence-corrected chi connectivity index (χ4v) is 2.88. The fraction of sp³-hybridized carbons (Fsp3) is 0.375. The Kier molecular flexibility index (Phi) is 3.99. The van der Waals surface area contributed by atoms with Crippen LogP contribution in [0.2, 0.25) is 5.02 Å². The number of aryl methyl sites for hydroxylation is 1. The predicted octanol–water partition coefficient (Wildman–Crippen LogP) is 3.97. The zero-order valence-corrected chi connectivity index (χ0v) is 12.2. The van der Waals surface area contributed by atoms with E-state index < -0.39 is 0 Å². The topological polar surface area (TPSA) is 34.4 Å². The summed E-state index contributed by atoms with van der Waals surface area (Å²) in [5, 5.41) is 4.11. The Balaban J connectivity index is 1.86. The Morgan fingerprint density at radius 1 is 1.40 bits per heavy atom. The average molecular weight is 292 g/mol. The number of hydrogen-bond donors (Lipinski definition) is 1. The number of halogens is 1. The minimum absolute atomic E-state index is 0.0557. The molecule has 0 saturated carbocycles. The standard InChI is InChI=1S/C16H18ClNO2/c1-11-9-13(17)4-5-14(11)20-16(12-6-7-18-10-12)15-3-2-8-19-15/h2-5,8-9,12,16,18H,6-7,10H2,1H3/t12-,16?/m0/s1. The largest absolute Gasteiger partial charge is 0.482 e. The van der Waals surface area contributed by atoms with Gasteiger partial charge in [0.1, 0.15) is 11.5 Å². The molecule has 0 spiro atoms. The average Bonchev–Trinajstić information content (AvgIpc) is 3.11. The molecule has 20 heavy (non-hydrogen) atoms. The van der Waals surface area contributed by atoms with Crippen LogP contribution in [0.3, 0.4) is 0 Å². The van der Waals surface area contributed by atoms with E-state index in [1.807, 2.05) is 37.3 Å². The maximum absolute atomic E-state index is 6.24. The molecule has 1 aromatic heterocycles. The van der Waals surface area contributed by atoms with Crippen LogP contribution in [0, 0.1) is 12.8 Å². The molecule has 4 heteroatoms. The third-order valence-electron chi connectivity index (χ3n) is 3.74. The molecule has 3 rings (SSSR count). The second-order valence-electron chi connectivity index (χ2n) is 5.22. The lowest BCUT2D eigenvalue weighted by molar-refractivity contribution is 0.119. The van der Waals surface area contributed by atoms with Crippen LogP contribution in [0.15, 0.2) is 41.0 Å². The van der Waals surface area contributed by atoms with Crippen LogP contribution in [-0.4, -0.2) is 13.1 Å². The summed E-state index contributed by atoms with van der Waals surface area (Å²) in [7, 11) is 0. The molecule has 1 fully saturated rings. The highest BCUT2D eigenvalue weighted by Crippen LogP contribution is 2.34. The van der Waals surface area contributed by atoms with Gasteiger partial charge in [-0.15, -0.1) is 0 Å². The van der Waals surface area contributed by atoms with Crippen LogP contribution in [0.1, 0.15) is 23.8 Å². The number of ether oxygens (including phenoxy) is 1. The molecule has 1 aliphatic heterocycles. The smallest absolute Gasteiger partial charge is 0.160 e. The summed E-state index contributed by atoms with van der Waals surface area (Å²) in [5.41, 5.74) is 1.04. The molecule has 0 bridgehead atoms. The van der Waals surface area contributed by atoms with Crippen molar-refractivity contribution in [2.24, 2.45) is 5.92 Å². The van der Waals surface area contributed by atoms with Gasteiger partial charge < -0.3 is 14.5 Å². The quantitative estimate of drug-likeness (QED) is 0.925. The van der Waals surface area contributed by atoms with Gasteiger partial charge in [-0.05, 0) is 55.8 Å². The van der Waals surface area contributed by atoms with Gasteiger partial charge in [-0.1, -0.05) is 11.6 Å². The summed E-state index contributed by atoms with van der Waals surface area (Å²) >= 11 is 6.00. The molecule has 3 nitrogen and oxygen atoms in total. The van der Waals surface area contributed by atoms with Crippen LogP contribution in [0.4, 0.5) is 0 Å². The fourth-order valence-electron chi connectivity index (χ4n) is 2.66. The van der Waals surface area contributed by atoms with Crippen molar-refractivity contribution in [2.75, 3.05) is 13.1 Å². The normalized spacial score (nSPS) is 20.0. The zero-order valence-electron chi connectivity index (χ0n) is 11.4. The van der Waals surface area contributed by atoms with Crippen molar-refractivity contribution in [1.82, 2.24) is 5.32 Å². The maximum Gasteiger partial charge on any atom is 0.160 e. The first kappa shape index (κ1) is 13.5. The highest BCUT2D eigenvalue weighted by molar-refractivity contribution is 6.30. The van der Waals surface area contributed by atoms with Crippen LogP contribution >= 0.6 is 11.6 Å². The van der Waals surface area contributed by atoms with E-state index in [0.29, 0.717) is 5.92 Å². The van der Waals surface area contributed by atoms with Crippen molar-refractivity contribution in [2.45, 2.75) is 19.4 Å². The number of hydrogen-bond acceptors (Lipinski definition) is 3. The Labute approximate surface area is 123 Å². The first-order valence-electron chi connectivity index (χ1n) is 6.91. The number of rotatable bonds is 4. The SMILES string of the molecule is Cc1cc(Cl)ccc1OC(c1ccco1)[C@H]1CCNC1. The van der Waals surface area contributed by atoms with Crippen molar-refractivity contribution in [1.29, 1.82) is 0 Å². The van der Waals surface area contributed by atoms with Gasteiger partial charge in [0.2, 0.25) is 0 Å². The Morgan fingerprint density at radius 3 is 2.95 bits per heavy atom. The van der Waals surface area contributed by atoms with Gasteiger partial charge in [0, 0.05) is 17.5 Å². The van der Waals surface area contributed by atoms with E-state index in [2.05, 4.69) is 5.32 Å². The first-order chi connectivity index (χ1) is 9.74. The van der Waals surface area contributed by atoms with E-state index in [4.69, 9.17) is 20.8 Å². The van der Waals surface area contributed by atoms with Gasteiger partial charge in [0.05, 0.1) is 6.26 Å². The van der Waals surface area contributed by atoms with Crippen LogP contribution in [-0.2, 0) is 0 Å². The summed E-state index contributed by atoms with van der Waals surface area (Å²) in [6, 6.07) is 9.59. The van der Waals surface area contributed by atoms with Crippen molar-refractivity contribution < 1.29 is 9.15 Å². The van der Waals surface area contributed by atoms with Crippen LogP contribution < -0.4 is 10.1 Å². The Bertz CT molecular complexity index is 562. The van der Waals surface area contributed by atoms with Crippen LogP contribution in [0.25, 0.3) is 0 Å². The molecule has 2 heterocycles. The van der Waals surface area contributed by atoms with Crippen molar-refractivity contribution >= 4 is 11.6 Å². The molecule has 1 aliphatic rings.